The van der Waals surface area contributed by atoms with Crippen LogP contribution in [0.5, 0.6) is 0 Å². The Balaban J connectivity index is 1.30. The van der Waals surface area contributed by atoms with Crippen LogP contribution in [-0.4, -0.2) is 95.3 Å². The number of hydrogen-bond acceptors (Lipinski definition) is 11. The Hall–Kier alpha value is -2.45. The van der Waals surface area contributed by atoms with E-state index in [1.807, 2.05) is 97.9 Å². The van der Waals surface area contributed by atoms with Gasteiger partial charge in [0.15, 0.2) is 23.1 Å². The topological polar surface area (TPSA) is 120 Å². The van der Waals surface area contributed by atoms with Crippen LogP contribution in [0.2, 0.25) is 0 Å². The zero-order valence-corrected chi connectivity index (χ0v) is 39.7. The lowest BCUT2D eigenvalue weighted by Gasteiger charge is -2.47. The molecule has 0 aromatic rings. The number of carbonyl (C=O) groups excluding carboxylic acids is 1. The van der Waals surface area contributed by atoms with Gasteiger partial charge in [-0.3, -0.25) is 0 Å². The van der Waals surface area contributed by atoms with E-state index in [-0.39, 0.29) is 72.7 Å². The van der Waals surface area contributed by atoms with Gasteiger partial charge < -0.3 is 47.7 Å². The van der Waals surface area contributed by atoms with Gasteiger partial charge in [0.1, 0.15) is 6.10 Å². The summed E-state index contributed by atoms with van der Waals surface area (Å²) in [6, 6.07) is 0. The van der Waals surface area contributed by atoms with Gasteiger partial charge in [0.2, 0.25) is 0 Å². The predicted octanol–water partition coefficient (Wildman–Crippen LogP) is 10.3. The quantitative estimate of drug-likeness (QED) is 0.254. The minimum absolute atomic E-state index is 0.0193. The van der Waals surface area contributed by atoms with E-state index in [2.05, 4.69) is 32.9 Å². The summed E-state index contributed by atoms with van der Waals surface area (Å²) in [5, 5.41) is 11.3. The van der Waals surface area contributed by atoms with Crippen molar-refractivity contribution in [2.75, 3.05) is 0 Å². The van der Waals surface area contributed by atoms with E-state index in [0.29, 0.717) is 38.5 Å². The highest BCUT2D eigenvalue weighted by molar-refractivity contribution is 5.82. The van der Waals surface area contributed by atoms with Gasteiger partial charge in [0.05, 0.1) is 54.9 Å². The Labute approximate surface area is 373 Å². The molecule has 11 unspecified atom stereocenters. The first-order valence-corrected chi connectivity index (χ1v) is 23.4. The number of aliphatic hydroxyl groups is 1. The molecule has 0 spiro atoms. The molecule has 0 aliphatic carbocycles. The molecule has 0 aromatic carbocycles. The normalized spacial score (nSPS) is 37.7. The largest absolute Gasteiger partial charge is 0.459 e. The summed E-state index contributed by atoms with van der Waals surface area (Å²) >= 11 is 0. The number of cyclic esters (lactones) is 1. The van der Waals surface area contributed by atoms with E-state index in [1.54, 1.807) is 12.2 Å². The van der Waals surface area contributed by atoms with Gasteiger partial charge in [0.25, 0.3) is 0 Å². The van der Waals surface area contributed by atoms with Gasteiger partial charge in [-0.05, 0) is 92.9 Å². The number of hydrogen-bond donors (Lipinski definition) is 1. The van der Waals surface area contributed by atoms with Crippen molar-refractivity contribution in [1.82, 2.24) is 0 Å². The van der Waals surface area contributed by atoms with Crippen LogP contribution >= 0.6 is 0 Å². The molecule has 62 heavy (non-hydrogen) atoms. The minimum atomic E-state index is -0.810. The van der Waals surface area contributed by atoms with E-state index in [0.717, 1.165) is 32.1 Å². The van der Waals surface area contributed by atoms with Crippen LogP contribution in [0.4, 0.5) is 0 Å². The summed E-state index contributed by atoms with van der Waals surface area (Å²) in [5.74, 6) is -3.23. The SMILES string of the molecule is CC(C)C1OC(=O)C=CC=CC=CC=CC=CC=CCC2CC(CC3CC(CC4CC(CC5CC(CC(O)CCC1C)OC(C)(C)O5)OC(C)(C)O4)OC(C)(C)O3)OC(C)(C)O2. The number of ether oxygens (including phenoxy) is 9. The van der Waals surface area contributed by atoms with Crippen molar-refractivity contribution in [1.29, 1.82) is 0 Å². The number of rotatable bonds is 1. The zero-order chi connectivity index (χ0) is 45.1. The summed E-state index contributed by atoms with van der Waals surface area (Å²) in [4.78, 5) is 12.8. The van der Waals surface area contributed by atoms with Gasteiger partial charge in [-0.2, -0.15) is 0 Å². The van der Waals surface area contributed by atoms with Crippen LogP contribution in [0.15, 0.2) is 72.9 Å². The fraction of sp³-hybridized carbons (Fsp3) is 0.745. The summed E-state index contributed by atoms with van der Waals surface area (Å²) in [6.45, 7) is 22.0. The Bertz CT molecular complexity index is 1590. The second-order valence-electron chi connectivity index (χ2n) is 20.3. The molecule has 11 nitrogen and oxygen atoms in total. The molecule has 4 fully saturated rings. The molecule has 0 radical (unpaired) electrons. The molecule has 0 amide bonds. The van der Waals surface area contributed by atoms with E-state index >= 15 is 0 Å². The highest BCUT2D eigenvalue weighted by Gasteiger charge is 2.45. The molecule has 0 aromatic heterocycles. The number of esters is 1. The third-order valence-corrected chi connectivity index (χ3v) is 12.0. The molecule has 0 saturated carbocycles. The lowest BCUT2D eigenvalue weighted by Crippen LogP contribution is -2.52. The zero-order valence-electron chi connectivity index (χ0n) is 39.7. The van der Waals surface area contributed by atoms with Gasteiger partial charge >= 0.3 is 5.97 Å². The van der Waals surface area contributed by atoms with E-state index < -0.39 is 29.3 Å². The number of allylic oxidation sites excluding steroid dienone is 10. The van der Waals surface area contributed by atoms with Crippen molar-refractivity contribution in [3.8, 4) is 0 Å². The van der Waals surface area contributed by atoms with Crippen LogP contribution in [0.1, 0.15) is 147 Å². The number of aliphatic hydroxyl groups excluding tert-OH is 1. The van der Waals surface area contributed by atoms with Crippen molar-refractivity contribution >= 4 is 5.97 Å². The average molecular weight is 869 g/mol. The van der Waals surface area contributed by atoms with Crippen molar-refractivity contribution in [2.45, 2.75) is 231 Å². The molecule has 8 bridgehead atoms. The predicted molar refractivity (Wildman–Crippen MR) is 241 cm³/mol. The lowest BCUT2D eigenvalue weighted by molar-refractivity contribution is -0.339. The van der Waals surface area contributed by atoms with Crippen LogP contribution in [0.3, 0.4) is 0 Å². The Morgan fingerprint density at radius 2 is 0.806 bits per heavy atom. The molecule has 350 valence electrons. The van der Waals surface area contributed by atoms with Gasteiger partial charge in [-0.25, -0.2) is 4.79 Å². The van der Waals surface area contributed by atoms with Crippen molar-refractivity contribution < 1.29 is 52.5 Å². The molecule has 4 saturated heterocycles. The van der Waals surface area contributed by atoms with Gasteiger partial charge in [-0.15, -0.1) is 0 Å². The fourth-order valence-electron chi connectivity index (χ4n) is 9.99. The maximum Gasteiger partial charge on any atom is 0.331 e. The summed E-state index contributed by atoms with van der Waals surface area (Å²) in [7, 11) is 0. The molecular weight excluding hydrogens is 789 g/mol. The average Bonchev–Trinajstić information content (AvgIpc) is 3.11. The number of carbonyl (C=O) groups is 1. The fourth-order valence-corrected chi connectivity index (χ4v) is 9.99. The van der Waals surface area contributed by atoms with Crippen molar-refractivity contribution in [3.05, 3.63) is 72.9 Å². The molecule has 5 rings (SSSR count). The van der Waals surface area contributed by atoms with Crippen LogP contribution in [0.25, 0.3) is 0 Å². The maximum atomic E-state index is 12.8. The first-order valence-electron chi connectivity index (χ1n) is 23.4. The molecule has 11 atom stereocenters. The Kier molecular flexibility index (Phi) is 18.5. The maximum absolute atomic E-state index is 12.8. The molecule has 5 heterocycles. The molecular formula is C51H80O11. The van der Waals surface area contributed by atoms with Crippen LogP contribution < -0.4 is 0 Å². The van der Waals surface area contributed by atoms with Crippen molar-refractivity contribution in [2.24, 2.45) is 11.8 Å². The molecule has 5 aliphatic rings. The second kappa shape index (κ2) is 22.6. The Morgan fingerprint density at radius 1 is 0.484 bits per heavy atom. The summed E-state index contributed by atoms with van der Waals surface area (Å²) in [5.41, 5.74) is 0. The first-order chi connectivity index (χ1) is 29.1. The van der Waals surface area contributed by atoms with E-state index in [9.17, 15) is 9.90 Å². The lowest BCUT2D eigenvalue weighted by atomic mass is 9.88. The van der Waals surface area contributed by atoms with Crippen LogP contribution in [-0.2, 0) is 47.4 Å². The Morgan fingerprint density at radius 3 is 1.19 bits per heavy atom. The highest BCUT2D eigenvalue weighted by Crippen LogP contribution is 2.40. The monoisotopic (exact) mass is 869 g/mol. The number of fused-ring (bicyclic) bond motifs is 8. The molecule has 11 heteroatoms. The second-order valence-corrected chi connectivity index (χ2v) is 20.3. The smallest absolute Gasteiger partial charge is 0.331 e. The standard InChI is InChI=1S/C51H80O11/c1-35(2)47-36(3)25-26-37(52)27-39-29-41(58-49(6,7)56-39)31-43-33-45(62-51(10,11)60-43)34-44-32-42(59-50(8,9)61-44)30-40-28-38(55-48(4,5)57-40)23-21-19-17-15-13-12-14-16-18-20-22-24-46(53)54-47/h12-22,24,35-45,47,52H,23,25-34H2,1-11H3. The van der Waals surface area contributed by atoms with E-state index in [4.69, 9.17) is 42.6 Å². The third-order valence-electron chi connectivity index (χ3n) is 12.0. The third kappa shape index (κ3) is 17.5. The van der Waals surface area contributed by atoms with E-state index in [1.165, 1.54) is 6.08 Å². The van der Waals surface area contributed by atoms with Crippen molar-refractivity contribution in [3.63, 3.8) is 0 Å². The minimum Gasteiger partial charge on any atom is -0.459 e. The summed E-state index contributed by atoms with van der Waals surface area (Å²) < 4.78 is 57.8. The van der Waals surface area contributed by atoms with Gasteiger partial charge in [0, 0.05) is 51.0 Å². The van der Waals surface area contributed by atoms with Crippen LogP contribution in [0, 0.1) is 11.8 Å². The van der Waals surface area contributed by atoms with Gasteiger partial charge in [-0.1, -0.05) is 87.6 Å². The molecule has 5 aliphatic heterocycles. The summed E-state index contributed by atoms with van der Waals surface area (Å²) in [6.07, 6.45) is 29.0. The highest BCUT2D eigenvalue weighted by atomic mass is 16.7. The molecule has 1 N–H and O–H groups in total. The first kappa shape index (κ1) is 50.5.